The summed E-state index contributed by atoms with van der Waals surface area (Å²) in [5.41, 5.74) is 0.747. The third kappa shape index (κ3) is 3.60. The van der Waals surface area contributed by atoms with Gasteiger partial charge in [-0.2, -0.15) is 8.42 Å². The van der Waals surface area contributed by atoms with Gasteiger partial charge in [-0.25, -0.2) is 8.42 Å². The van der Waals surface area contributed by atoms with Crippen molar-refractivity contribution >= 4 is 37.3 Å². The molecule has 0 aromatic heterocycles. The van der Waals surface area contributed by atoms with E-state index in [1.54, 1.807) is 12.1 Å². The van der Waals surface area contributed by atoms with E-state index in [1.807, 2.05) is 4.90 Å². The Balaban J connectivity index is 1.63. The Morgan fingerprint density at radius 3 is 2.70 bits per heavy atom. The quantitative estimate of drug-likeness (QED) is 0.779. The van der Waals surface area contributed by atoms with Gasteiger partial charge >= 0.3 is 0 Å². The van der Waals surface area contributed by atoms with Crippen molar-refractivity contribution in [2.24, 2.45) is 4.40 Å². The number of sulfone groups is 1. The van der Waals surface area contributed by atoms with E-state index < -0.39 is 31.8 Å². The van der Waals surface area contributed by atoms with Crippen LogP contribution in [-0.2, 0) is 19.9 Å². The number of benzene rings is 1. The summed E-state index contributed by atoms with van der Waals surface area (Å²) in [5.74, 6) is 0.0703. The molecule has 0 unspecified atom stereocenters. The van der Waals surface area contributed by atoms with E-state index in [9.17, 15) is 21.6 Å². The van der Waals surface area contributed by atoms with E-state index in [-0.39, 0.29) is 22.0 Å². The van der Waals surface area contributed by atoms with Gasteiger partial charge in [-0.15, -0.1) is 4.40 Å². The summed E-state index contributed by atoms with van der Waals surface area (Å²) in [7, 11) is -6.97. The maximum absolute atomic E-state index is 12.6. The van der Waals surface area contributed by atoms with E-state index in [2.05, 4.69) is 9.71 Å². The van der Waals surface area contributed by atoms with Crippen LogP contribution >= 0.6 is 0 Å². The van der Waals surface area contributed by atoms with Gasteiger partial charge in [0, 0.05) is 24.6 Å². The van der Waals surface area contributed by atoms with E-state index in [1.165, 1.54) is 6.07 Å². The molecule has 0 radical (unpaired) electrons. The highest BCUT2D eigenvalue weighted by Crippen LogP contribution is 2.35. The number of amidine groups is 1. The lowest BCUT2D eigenvalue weighted by molar-refractivity contribution is 0.0941. The second-order valence-corrected chi connectivity index (χ2v) is 11.0. The minimum Gasteiger partial charge on any atom is -0.348 e. The summed E-state index contributed by atoms with van der Waals surface area (Å²) >= 11 is 0. The highest BCUT2D eigenvalue weighted by molar-refractivity contribution is 7.91. The number of fused-ring (bicyclic) bond motifs is 3. The molecule has 1 N–H and O–H groups in total. The molecule has 2 fully saturated rings. The van der Waals surface area contributed by atoms with Gasteiger partial charge < -0.3 is 10.2 Å². The molecule has 3 heterocycles. The molecular weight excluding hydrogens is 390 g/mol. The van der Waals surface area contributed by atoms with Crippen molar-refractivity contribution in [1.82, 2.24) is 5.32 Å². The lowest BCUT2D eigenvalue weighted by Crippen LogP contribution is -2.37. The molecule has 27 heavy (non-hydrogen) atoms. The molecule has 1 aromatic carbocycles. The van der Waals surface area contributed by atoms with Crippen molar-refractivity contribution in [2.75, 3.05) is 23.0 Å². The monoisotopic (exact) mass is 411 g/mol. The lowest BCUT2D eigenvalue weighted by atomic mass is 10.1. The summed E-state index contributed by atoms with van der Waals surface area (Å²) in [6.07, 6.45) is 3.88. The van der Waals surface area contributed by atoms with Crippen molar-refractivity contribution < 1.29 is 21.6 Å². The zero-order chi connectivity index (χ0) is 19.2. The van der Waals surface area contributed by atoms with Crippen molar-refractivity contribution in [3.8, 4) is 0 Å². The standard InChI is InChI=1S/C17H21N3O5S2/c21-17(18-13-7-9-26(22,23)11-13)12-5-6-14-15(10-12)27(24,25)19-16-4-2-1-3-8-20(14)16/h5-6,10,13H,1-4,7-9,11H2,(H,18,21)/t13-/m0/s1. The van der Waals surface area contributed by atoms with Gasteiger partial charge in [-0.3, -0.25) is 4.79 Å². The summed E-state index contributed by atoms with van der Waals surface area (Å²) in [5, 5.41) is 2.69. The van der Waals surface area contributed by atoms with Crippen LogP contribution in [0, 0.1) is 0 Å². The fraction of sp³-hybridized carbons (Fsp3) is 0.529. The topological polar surface area (TPSA) is 113 Å². The first-order chi connectivity index (χ1) is 12.8. The molecule has 3 aliphatic heterocycles. The third-order valence-corrected chi connectivity index (χ3v) is 8.28. The zero-order valence-electron chi connectivity index (χ0n) is 14.7. The number of nitrogens with one attached hydrogen (secondary N) is 1. The number of hydrogen-bond donors (Lipinski definition) is 1. The molecule has 10 heteroatoms. The highest BCUT2D eigenvalue weighted by Gasteiger charge is 2.33. The smallest absolute Gasteiger partial charge is 0.286 e. The molecule has 1 amide bonds. The predicted octanol–water partition coefficient (Wildman–Crippen LogP) is 1.08. The molecule has 0 bridgehead atoms. The van der Waals surface area contributed by atoms with Crippen LogP contribution in [-0.4, -0.2) is 52.7 Å². The van der Waals surface area contributed by atoms with E-state index in [0.29, 0.717) is 30.9 Å². The van der Waals surface area contributed by atoms with Crippen molar-refractivity contribution in [3.63, 3.8) is 0 Å². The Morgan fingerprint density at radius 1 is 1.15 bits per heavy atom. The summed E-state index contributed by atoms with van der Waals surface area (Å²) < 4.78 is 52.3. The molecule has 3 aliphatic rings. The summed E-state index contributed by atoms with van der Waals surface area (Å²) in [6, 6.07) is 4.13. The van der Waals surface area contributed by atoms with E-state index >= 15 is 0 Å². The molecule has 0 saturated carbocycles. The second-order valence-electron chi connectivity index (χ2n) is 7.20. The first-order valence-electron chi connectivity index (χ1n) is 9.02. The molecule has 8 nitrogen and oxygen atoms in total. The average molecular weight is 412 g/mol. The molecule has 146 valence electrons. The van der Waals surface area contributed by atoms with Crippen molar-refractivity contribution in [2.45, 2.75) is 43.0 Å². The minimum atomic E-state index is -3.86. The van der Waals surface area contributed by atoms with Crippen LogP contribution in [0.1, 0.15) is 42.5 Å². The maximum atomic E-state index is 12.6. The van der Waals surface area contributed by atoms with Crippen LogP contribution in [0.15, 0.2) is 27.5 Å². The third-order valence-electron chi connectivity index (χ3n) is 5.18. The predicted molar refractivity (Wildman–Crippen MR) is 101 cm³/mol. The highest BCUT2D eigenvalue weighted by atomic mass is 32.2. The number of sulfonamides is 1. The molecule has 1 atom stereocenters. The van der Waals surface area contributed by atoms with Gasteiger partial charge in [0.2, 0.25) is 0 Å². The summed E-state index contributed by atoms with van der Waals surface area (Å²) in [6.45, 7) is 0.701. The van der Waals surface area contributed by atoms with Crippen molar-refractivity contribution in [1.29, 1.82) is 0 Å². The number of carbonyl (C=O) groups excluding carboxylic acids is 1. The Morgan fingerprint density at radius 2 is 1.96 bits per heavy atom. The Kier molecular flexibility index (Phi) is 4.50. The van der Waals surface area contributed by atoms with Crippen LogP contribution < -0.4 is 10.2 Å². The van der Waals surface area contributed by atoms with Gasteiger partial charge in [-0.1, -0.05) is 6.42 Å². The summed E-state index contributed by atoms with van der Waals surface area (Å²) in [4.78, 5) is 14.4. The fourth-order valence-corrected chi connectivity index (χ4v) is 6.76. The van der Waals surface area contributed by atoms with E-state index in [0.717, 1.165) is 19.3 Å². The van der Waals surface area contributed by atoms with Gasteiger partial charge in [0.15, 0.2) is 9.84 Å². The van der Waals surface area contributed by atoms with Crippen LogP contribution in [0.5, 0.6) is 0 Å². The Labute approximate surface area is 158 Å². The van der Waals surface area contributed by atoms with Crippen LogP contribution in [0.2, 0.25) is 0 Å². The average Bonchev–Trinajstić information content (AvgIpc) is 2.80. The van der Waals surface area contributed by atoms with E-state index in [4.69, 9.17) is 0 Å². The van der Waals surface area contributed by atoms with Crippen LogP contribution in [0.25, 0.3) is 0 Å². The van der Waals surface area contributed by atoms with Crippen LogP contribution in [0.4, 0.5) is 5.69 Å². The Hall–Kier alpha value is -1.94. The number of amides is 1. The van der Waals surface area contributed by atoms with Crippen LogP contribution in [0.3, 0.4) is 0 Å². The second kappa shape index (κ2) is 6.59. The Bertz CT molecular complexity index is 1030. The molecule has 0 aliphatic carbocycles. The first kappa shape index (κ1) is 18.4. The molecule has 2 saturated heterocycles. The lowest BCUT2D eigenvalue weighted by Gasteiger charge is -2.29. The largest absolute Gasteiger partial charge is 0.348 e. The number of rotatable bonds is 2. The van der Waals surface area contributed by atoms with Gasteiger partial charge in [-0.05, 0) is 37.5 Å². The minimum absolute atomic E-state index is 0.0276. The van der Waals surface area contributed by atoms with Gasteiger partial charge in [0.1, 0.15) is 10.7 Å². The maximum Gasteiger partial charge on any atom is 0.286 e. The molecular formula is C17H21N3O5S2. The molecule has 0 spiro atoms. The number of carbonyl (C=O) groups is 1. The van der Waals surface area contributed by atoms with Gasteiger partial charge in [0.25, 0.3) is 15.9 Å². The van der Waals surface area contributed by atoms with Gasteiger partial charge in [0.05, 0.1) is 17.2 Å². The molecule has 1 aromatic rings. The number of nitrogens with zero attached hydrogens (tertiary/aromatic N) is 2. The number of anilines is 1. The number of hydrogen-bond acceptors (Lipinski definition) is 6. The van der Waals surface area contributed by atoms with Crippen molar-refractivity contribution in [3.05, 3.63) is 23.8 Å². The first-order valence-corrected chi connectivity index (χ1v) is 12.3. The SMILES string of the molecule is O=C(N[C@H]1CCS(=O)(=O)C1)c1ccc2c(c1)S(=O)(=O)N=C1CCCCCN12. The fourth-order valence-electron chi connectivity index (χ4n) is 3.80. The zero-order valence-corrected chi connectivity index (χ0v) is 16.4. The normalized spacial score (nSPS) is 25.7. The molecule has 4 rings (SSSR count).